The fraction of sp³-hybridized carbons (Fsp3) is 0.0625. The summed E-state index contributed by atoms with van der Waals surface area (Å²) in [7, 11) is 0. The Labute approximate surface area is 142 Å². The molecule has 1 aromatic carbocycles. The zero-order valence-corrected chi connectivity index (χ0v) is 13.6. The minimum Gasteiger partial charge on any atom is -0.368 e. The molecule has 0 unspecified atom stereocenters. The van der Waals surface area contributed by atoms with Gasteiger partial charge >= 0.3 is 0 Å². The number of halogens is 1. The SMILES string of the molecule is Nc1nccc(-c2ccc(C(=O)NCc3cccc(Cl)c3)s2)n1. The maximum absolute atomic E-state index is 12.2. The van der Waals surface area contributed by atoms with Crippen molar-refractivity contribution in [2.75, 3.05) is 5.73 Å². The first-order chi connectivity index (χ1) is 11.1. The van der Waals surface area contributed by atoms with Crippen LogP contribution in [0.15, 0.2) is 48.7 Å². The molecular formula is C16H13ClN4OS. The molecule has 0 saturated heterocycles. The second-order valence-electron chi connectivity index (χ2n) is 4.78. The molecule has 116 valence electrons. The van der Waals surface area contributed by atoms with Gasteiger partial charge in [-0.1, -0.05) is 23.7 Å². The van der Waals surface area contributed by atoms with Crippen LogP contribution in [0.5, 0.6) is 0 Å². The van der Waals surface area contributed by atoms with E-state index in [1.165, 1.54) is 11.3 Å². The average Bonchev–Trinajstić information content (AvgIpc) is 3.03. The zero-order valence-electron chi connectivity index (χ0n) is 12.0. The van der Waals surface area contributed by atoms with Crippen LogP contribution < -0.4 is 11.1 Å². The van der Waals surface area contributed by atoms with Crippen LogP contribution in [-0.2, 0) is 6.54 Å². The number of benzene rings is 1. The normalized spacial score (nSPS) is 10.5. The Morgan fingerprint density at radius 3 is 2.91 bits per heavy atom. The Morgan fingerprint density at radius 1 is 1.26 bits per heavy atom. The molecule has 3 aromatic rings. The van der Waals surface area contributed by atoms with Gasteiger partial charge < -0.3 is 11.1 Å². The van der Waals surface area contributed by atoms with Gasteiger partial charge in [0.05, 0.1) is 15.4 Å². The Morgan fingerprint density at radius 2 is 2.13 bits per heavy atom. The van der Waals surface area contributed by atoms with Crippen molar-refractivity contribution in [3.63, 3.8) is 0 Å². The number of nitrogens with zero attached hydrogens (tertiary/aromatic N) is 2. The van der Waals surface area contributed by atoms with E-state index in [4.69, 9.17) is 17.3 Å². The van der Waals surface area contributed by atoms with Crippen LogP contribution in [0.4, 0.5) is 5.95 Å². The van der Waals surface area contributed by atoms with Crippen LogP contribution in [0.3, 0.4) is 0 Å². The lowest BCUT2D eigenvalue weighted by Gasteiger charge is -2.04. The van der Waals surface area contributed by atoms with Crippen LogP contribution in [0.25, 0.3) is 10.6 Å². The molecule has 1 amide bonds. The first kappa shape index (κ1) is 15.5. The number of nitrogen functional groups attached to an aromatic ring is 1. The second kappa shape index (κ2) is 6.76. The molecule has 3 rings (SSSR count). The molecule has 0 bridgehead atoms. The molecule has 23 heavy (non-hydrogen) atoms. The highest BCUT2D eigenvalue weighted by Gasteiger charge is 2.11. The molecule has 0 aliphatic carbocycles. The fourth-order valence-electron chi connectivity index (χ4n) is 2.02. The van der Waals surface area contributed by atoms with Gasteiger partial charge in [-0.15, -0.1) is 11.3 Å². The van der Waals surface area contributed by atoms with Gasteiger partial charge in [-0.3, -0.25) is 4.79 Å². The molecule has 7 heteroatoms. The molecule has 0 radical (unpaired) electrons. The van der Waals surface area contributed by atoms with E-state index in [9.17, 15) is 4.79 Å². The molecule has 0 saturated carbocycles. The van der Waals surface area contributed by atoms with Crippen LogP contribution in [0.1, 0.15) is 15.2 Å². The number of nitrogens with two attached hydrogens (primary N) is 1. The molecule has 3 N–H and O–H groups in total. The summed E-state index contributed by atoms with van der Waals surface area (Å²) in [6, 6.07) is 12.8. The van der Waals surface area contributed by atoms with E-state index in [2.05, 4.69) is 15.3 Å². The summed E-state index contributed by atoms with van der Waals surface area (Å²) in [5.74, 6) is 0.0751. The number of amides is 1. The van der Waals surface area contributed by atoms with Gasteiger partial charge in [0, 0.05) is 17.8 Å². The monoisotopic (exact) mass is 344 g/mol. The number of hydrogen-bond donors (Lipinski definition) is 2. The molecule has 0 fully saturated rings. The maximum Gasteiger partial charge on any atom is 0.261 e. The van der Waals surface area contributed by atoms with Crippen molar-refractivity contribution in [3.8, 4) is 10.6 Å². The highest BCUT2D eigenvalue weighted by Crippen LogP contribution is 2.26. The molecule has 0 spiro atoms. The van der Waals surface area contributed by atoms with E-state index in [1.807, 2.05) is 24.3 Å². The summed E-state index contributed by atoms with van der Waals surface area (Å²) in [4.78, 5) is 21.7. The minimum atomic E-state index is -0.136. The predicted octanol–water partition coefficient (Wildman–Crippen LogP) is 3.37. The van der Waals surface area contributed by atoms with E-state index in [0.29, 0.717) is 22.1 Å². The molecule has 0 aliphatic rings. The van der Waals surface area contributed by atoms with E-state index >= 15 is 0 Å². The number of thiophene rings is 1. The molecule has 0 atom stereocenters. The third kappa shape index (κ3) is 3.85. The number of aromatic nitrogens is 2. The van der Waals surface area contributed by atoms with Crippen molar-refractivity contribution in [2.24, 2.45) is 0 Å². The summed E-state index contributed by atoms with van der Waals surface area (Å²) in [6.45, 7) is 0.424. The lowest BCUT2D eigenvalue weighted by Crippen LogP contribution is -2.21. The number of carbonyl (C=O) groups is 1. The van der Waals surface area contributed by atoms with E-state index in [1.54, 1.807) is 24.4 Å². The lowest BCUT2D eigenvalue weighted by atomic mass is 10.2. The molecule has 2 heterocycles. The van der Waals surface area contributed by atoms with Crippen LogP contribution in [0.2, 0.25) is 5.02 Å². The van der Waals surface area contributed by atoms with Crippen LogP contribution >= 0.6 is 22.9 Å². The highest BCUT2D eigenvalue weighted by atomic mass is 35.5. The predicted molar refractivity (Wildman–Crippen MR) is 92.4 cm³/mol. The molecule has 5 nitrogen and oxygen atoms in total. The zero-order chi connectivity index (χ0) is 16.2. The smallest absolute Gasteiger partial charge is 0.261 e. The standard InChI is InChI=1S/C16H13ClN4OS/c17-11-3-1-2-10(8-11)9-20-15(22)14-5-4-13(23-14)12-6-7-19-16(18)21-12/h1-8H,9H2,(H,20,22)(H2,18,19,21). The largest absolute Gasteiger partial charge is 0.368 e. The summed E-state index contributed by atoms with van der Waals surface area (Å²) in [5, 5.41) is 3.52. The number of nitrogens with one attached hydrogen (secondary N) is 1. The topological polar surface area (TPSA) is 80.9 Å². The number of rotatable bonds is 4. The first-order valence-electron chi connectivity index (χ1n) is 6.83. The van der Waals surface area contributed by atoms with Gasteiger partial charge in [-0.25, -0.2) is 9.97 Å². The summed E-state index contributed by atoms with van der Waals surface area (Å²) >= 11 is 7.29. The van der Waals surface area contributed by atoms with Crippen LogP contribution in [-0.4, -0.2) is 15.9 Å². The van der Waals surface area contributed by atoms with Gasteiger partial charge in [0.2, 0.25) is 5.95 Å². The average molecular weight is 345 g/mol. The quantitative estimate of drug-likeness (QED) is 0.760. The van der Waals surface area contributed by atoms with E-state index in [0.717, 1.165) is 10.4 Å². The van der Waals surface area contributed by atoms with Gasteiger partial charge in [0.25, 0.3) is 5.91 Å². The fourth-order valence-corrected chi connectivity index (χ4v) is 3.13. The third-order valence-electron chi connectivity index (χ3n) is 3.10. The minimum absolute atomic E-state index is 0.136. The van der Waals surface area contributed by atoms with E-state index in [-0.39, 0.29) is 11.9 Å². The Bertz CT molecular complexity index is 849. The Kier molecular flexibility index (Phi) is 4.55. The van der Waals surface area contributed by atoms with Gasteiger partial charge in [-0.2, -0.15) is 0 Å². The molecular weight excluding hydrogens is 332 g/mol. The summed E-state index contributed by atoms with van der Waals surface area (Å²) in [5.41, 5.74) is 7.23. The molecule has 0 aliphatic heterocycles. The number of carbonyl (C=O) groups excluding carboxylic acids is 1. The van der Waals surface area contributed by atoms with E-state index < -0.39 is 0 Å². The third-order valence-corrected chi connectivity index (χ3v) is 4.44. The van der Waals surface area contributed by atoms with Gasteiger partial charge in [-0.05, 0) is 35.9 Å². The van der Waals surface area contributed by atoms with Gasteiger partial charge in [0.15, 0.2) is 0 Å². The Balaban J connectivity index is 1.69. The first-order valence-corrected chi connectivity index (χ1v) is 8.02. The van der Waals surface area contributed by atoms with Crippen molar-refractivity contribution < 1.29 is 4.79 Å². The van der Waals surface area contributed by atoms with Crippen molar-refractivity contribution >= 4 is 34.8 Å². The van der Waals surface area contributed by atoms with Crippen molar-refractivity contribution in [2.45, 2.75) is 6.54 Å². The summed E-state index contributed by atoms with van der Waals surface area (Å²) < 4.78 is 0. The van der Waals surface area contributed by atoms with Crippen molar-refractivity contribution in [1.29, 1.82) is 0 Å². The van der Waals surface area contributed by atoms with Crippen molar-refractivity contribution in [3.05, 3.63) is 64.1 Å². The number of hydrogen-bond acceptors (Lipinski definition) is 5. The Hall–Kier alpha value is -2.44. The van der Waals surface area contributed by atoms with Crippen molar-refractivity contribution in [1.82, 2.24) is 15.3 Å². The van der Waals surface area contributed by atoms with Crippen LogP contribution in [0, 0.1) is 0 Å². The summed E-state index contributed by atoms with van der Waals surface area (Å²) in [6.07, 6.45) is 1.59. The number of anilines is 1. The lowest BCUT2D eigenvalue weighted by molar-refractivity contribution is 0.0955. The van der Waals surface area contributed by atoms with Gasteiger partial charge in [0.1, 0.15) is 0 Å². The second-order valence-corrected chi connectivity index (χ2v) is 6.30. The highest BCUT2D eigenvalue weighted by molar-refractivity contribution is 7.17. The maximum atomic E-state index is 12.2. The molecule has 2 aromatic heterocycles.